The number of rotatable bonds is 0. The lowest BCUT2D eigenvalue weighted by molar-refractivity contribution is 1.69. The van der Waals surface area contributed by atoms with Crippen molar-refractivity contribution in [3.05, 3.63) is 0 Å². The molecule has 0 aromatic heterocycles. The van der Waals surface area contributed by atoms with Crippen LogP contribution in [-0.4, -0.2) is 0 Å². The molecule has 0 heterocycles. The zero-order chi connectivity index (χ0) is 2.71. The van der Waals surface area contributed by atoms with Gasteiger partial charge in [0.05, 0.1) is 0 Å². The van der Waals surface area contributed by atoms with E-state index in [1.54, 1.807) is 4.35 Å². The molecule has 0 unspecified atom stereocenters. The molecule has 4 heteroatoms. The first-order chi connectivity index (χ1) is 1.41. The van der Waals surface area contributed by atoms with Crippen LogP contribution in [0, 0.1) is 0 Å². The molecule has 0 fully saturated rings. The van der Waals surface area contributed by atoms with Gasteiger partial charge in [-0.3, -0.25) is 0 Å². The topological polar surface area (TPSA) is 12.0 Å². The van der Waals surface area contributed by atoms with E-state index in [0.717, 1.165) is 0 Å². The lowest BCUT2D eigenvalue weighted by Crippen LogP contribution is -1.59. The summed E-state index contributed by atoms with van der Waals surface area (Å²) in [6.45, 7) is 0. The maximum absolute atomic E-state index is 4.51. The van der Waals surface area contributed by atoms with Crippen molar-refractivity contribution in [3.63, 3.8) is 0 Å². The van der Waals surface area contributed by atoms with Gasteiger partial charge in [-0.15, -0.1) is 28.3 Å². The summed E-state index contributed by atoms with van der Waals surface area (Å²) in [6, 6.07) is 0. The molecule has 0 bridgehead atoms. The Morgan fingerprint density at radius 1 is 1.25 bits per heavy atom. The lowest BCUT2D eigenvalue weighted by Gasteiger charge is -1.49. The van der Waals surface area contributed by atoms with E-state index in [-0.39, 0.29) is 24.0 Å². The van der Waals surface area contributed by atoms with Crippen molar-refractivity contribution in [2.75, 3.05) is 0 Å². The highest BCUT2D eigenvalue weighted by molar-refractivity contribution is 14.0. The van der Waals surface area contributed by atoms with E-state index >= 15 is 0 Å². The van der Waals surface area contributed by atoms with Crippen molar-refractivity contribution >= 4 is 47.5 Å². The number of nitrogens with one attached hydrogen (secondary N) is 1. The van der Waals surface area contributed by atoms with Crippen molar-refractivity contribution in [1.82, 2.24) is 4.35 Å². The van der Waals surface area contributed by atoms with Crippen LogP contribution >= 0.6 is 47.5 Å². The van der Waals surface area contributed by atoms with Crippen LogP contribution in [-0.2, 0) is 0 Å². The average molecular weight is 214 g/mol. The maximum Gasteiger partial charge on any atom is -0.00838 e. The normalized spacial score (nSPS) is 4.50. The van der Waals surface area contributed by atoms with Gasteiger partial charge in [0, 0.05) is 0 Å². The Hall–Kier alpha value is 1.27. The van der Waals surface area contributed by atoms with Crippen LogP contribution in [0.4, 0.5) is 0 Å². The fourth-order valence-electron chi connectivity index (χ4n) is 0. The van der Waals surface area contributed by atoms with Gasteiger partial charge in [0.2, 0.25) is 0 Å². The summed E-state index contributed by atoms with van der Waals surface area (Å²) in [7, 11) is 0. The predicted molar refractivity (Wildman–Crippen MR) is 30.3 cm³/mol. The highest BCUT2D eigenvalue weighted by atomic mass is 127. The van der Waals surface area contributed by atoms with E-state index in [0.29, 0.717) is 0 Å². The molecule has 0 aliphatic carbocycles. The van der Waals surface area contributed by atoms with E-state index in [2.05, 4.69) is 23.6 Å². The van der Waals surface area contributed by atoms with Crippen molar-refractivity contribution in [3.8, 4) is 0 Å². The molecule has 4 heavy (non-hydrogen) atoms. The third-order valence-corrected chi connectivity index (χ3v) is 0. The monoisotopic (exact) mass is 213 g/mol. The van der Waals surface area contributed by atoms with Crippen LogP contribution in [0.15, 0.2) is 0 Å². The molecule has 0 aliphatic rings. The third-order valence-electron chi connectivity index (χ3n) is 0. The summed E-state index contributed by atoms with van der Waals surface area (Å²) in [5, 5.41) is 0. The molecule has 0 atom stereocenters. The van der Waals surface area contributed by atoms with E-state index in [1.807, 2.05) is 0 Å². The fraction of sp³-hybridized carbons (Fsp3) is 0. The first kappa shape index (κ1) is 8.99. The summed E-state index contributed by atoms with van der Waals surface area (Å²) in [5.74, 6) is 0. The Kier molecular flexibility index (Phi) is 19.9. The summed E-state index contributed by atoms with van der Waals surface area (Å²) in [4.78, 5) is 0. The SMILES string of the molecule is ClNCl.I. The van der Waals surface area contributed by atoms with E-state index < -0.39 is 0 Å². The molecule has 0 spiro atoms. The second-order valence-corrected chi connectivity index (χ2v) is 0.643. The van der Waals surface area contributed by atoms with Crippen molar-refractivity contribution in [1.29, 1.82) is 0 Å². The largest absolute Gasteiger partial charge is 0.145 e. The van der Waals surface area contributed by atoms with Gasteiger partial charge >= 0.3 is 0 Å². The number of halogens is 3. The molecular formula is H2Cl2IN. The molecule has 28 valence electrons. The van der Waals surface area contributed by atoms with Gasteiger partial charge in [0.15, 0.2) is 0 Å². The Morgan fingerprint density at radius 2 is 1.25 bits per heavy atom. The Bertz CT molecular complexity index is 6.00. The standard InChI is InChI=1S/Cl2HN.HI/c1-3-2;/h3H;1H. The summed E-state index contributed by atoms with van der Waals surface area (Å²) < 4.78 is 1.69. The second-order valence-electron chi connectivity index (χ2n) is 0.0714. The molecule has 1 N–H and O–H groups in total. The van der Waals surface area contributed by atoms with Crippen molar-refractivity contribution < 1.29 is 0 Å². The van der Waals surface area contributed by atoms with Gasteiger partial charge in [0.25, 0.3) is 0 Å². The van der Waals surface area contributed by atoms with Gasteiger partial charge in [-0.25, -0.2) is 0 Å². The molecular weight excluding hydrogens is 212 g/mol. The van der Waals surface area contributed by atoms with Gasteiger partial charge in [-0.1, -0.05) is 0 Å². The Morgan fingerprint density at radius 3 is 1.25 bits per heavy atom. The zero-order valence-electron chi connectivity index (χ0n) is 1.66. The quantitative estimate of drug-likeness (QED) is 0.475. The molecule has 0 aliphatic heterocycles. The average Bonchev–Trinajstić information content (AvgIpc) is 0.918. The first-order valence-electron chi connectivity index (χ1n) is 0.378. The first-order valence-corrected chi connectivity index (χ1v) is 1.13. The maximum atomic E-state index is 4.51. The summed E-state index contributed by atoms with van der Waals surface area (Å²) in [5.41, 5.74) is 0. The van der Waals surface area contributed by atoms with Crippen molar-refractivity contribution in [2.45, 2.75) is 0 Å². The molecule has 1 nitrogen and oxygen atoms in total. The smallest absolute Gasteiger partial charge is 0.00838 e. The molecule has 0 rings (SSSR count). The molecule has 0 aromatic rings. The number of hydrogen-bond acceptors (Lipinski definition) is 1. The van der Waals surface area contributed by atoms with Crippen LogP contribution in [0.3, 0.4) is 0 Å². The van der Waals surface area contributed by atoms with Crippen molar-refractivity contribution in [2.24, 2.45) is 0 Å². The highest BCUT2D eigenvalue weighted by Crippen LogP contribution is 1.57. The van der Waals surface area contributed by atoms with Crippen LogP contribution in [0.25, 0.3) is 0 Å². The molecule has 0 aromatic carbocycles. The van der Waals surface area contributed by atoms with E-state index in [4.69, 9.17) is 0 Å². The highest BCUT2D eigenvalue weighted by Gasteiger charge is 1.34. The Balaban J connectivity index is 0. The summed E-state index contributed by atoms with van der Waals surface area (Å²) in [6.07, 6.45) is 0. The molecule has 0 radical (unpaired) electrons. The van der Waals surface area contributed by atoms with Crippen LogP contribution in [0.5, 0.6) is 0 Å². The van der Waals surface area contributed by atoms with Crippen LogP contribution in [0.2, 0.25) is 0 Å². The molecule has 0 saturated carbocycles. The number of hydrogen-bond donors (Lipinski definition) is 1. The third kappa shape index (κ3) is 10.4. The predicted octanol–water partition coefficient (Wildman–Crippen LogP) is 1.50. The van der Waals surface area contributed by atoms with Crippen LogP contribution in [0.1, 0.15) is 0 Å². The minimum atomic E-state index is 0. The second kappa shape index (κ2) is 8.86. The minimum absolute atomic E-state index is 0. The molecule has 0 saturated heterocycles. The lowest BCUT2D eigenvalue weighted by atomic mass is 13.9. The summed E-state index contributed by atoms with van der Waals surface area (Å²) >= 11 is 9.03. The zero-order valence-corrected chi connectivity index (χ0v) is 5.51. The fourth-order valence-corrected chi connectivity index (χ4v) is 0. The molecule has 0 amide bonds. The van der Waals surface area contributed by atoms with Gasteiger partial charge in [-0.05, 0) is 23.6 Å². The van der Waals surface area contributed by atoms with Crippen LogP contribution < -0.4 is 4.35 Å². The minimum Gasteiger partial charge on any atom is -0.145 e. The van der Waals surface area contributed by atoms with E-state index in [1.165, 1.54) is 0 Å². The van der Waals surface area contributed by atoms with Gasteiger partial charge in [-0.2, -0.15) is 0 Å². The Labute approximate surface area is 51.9 Å². The van der Waals surface area contributed by atoms with Gasteiger partial charge < -0.3 is 0 Å². The van der Waals surface area contributed by atoms with E-state index in [9.17, 15) is 0 Å². The van der Waals surface area contributed by atoms with Gasteiger partial charge in [0.1, 0.15) is 0 Å².